The lowest BCUT2D eigenvalue weighted by Gasteiger charge is -2.14. The third-order valence-corrected chi connectivity index (χ3v) is 3.21. The lowest BCUT2D eigenvalue weighted by Crippen LogP contribution is -2.37. The Labute approximate surface area is 115 Å². The van der Waals surface area contributed by atoms with Gasteiger partial charge in [0.2, 0.25) is 0 Å². The van der Waals surface area contributed by atoms with E-state index in [0.717, 1.165) is 30.8 Å². The van der Waals surface area contributed by atoms with E-state index in [9.17, 15) is 0 Å². The molecule has 0 unspecified atom stereocenters. The number of anilines is 1. The molecular formula is C14H23N5. The average molecular weight is 261 g/mol. The van der Waals surface area contributed by atoms with Crippen LogP contribution < -0.4 is 15.5 Å². The number of aliphatic imine (C=N–C) groups is 1. The monoisotopic (exact) mass is 261 g/mol. The van der Waals surface area contributed by atoms with Gasteiger partial charge in [-0.1, -0.05) is 0 Å². The second kappa shape index (κ2) is 6.41. The van der Waals surface area contributed by atoms with E-state index in [2.05, 4.69) is 26.7 Å². The summed E-state index contributed by atoms with van der Waals surface area (Å²) < 4.78 is 0. The molecule has 19 heavy (non-hydrogen) atoms. The Kier molecular flexibility index (Phi) is 4.60. The molecule has 1 aromatic rings. The minimum absolute atomic E-state index is 0.758. The quantitative estimate of drug-likeness (QED) is 0.618. The van der Waals surface area contributed by atoms with Gasteiger partial charge in [-0.15, -0.1) is 0 Å². The molecule has 0 amide bonds. The van der Waals surface area contributed by atoms with Crippen molar-refractivity contribution in [3.8, 4) is 0 Å². The van der Waals surface area contributed by atoms with Crippen LogP contribution in [-0.4, -0.2) is 38.6 Å². The Balaban J connectivity index is 1.84. The van der Waals surface area contributed by atoms with Crippen molar-refractivity contribution < 1.29 is 0 Å². The second-order valence-electron chi connectivity index (χ2n) is 5.17. The summed E-state index contributed by atoms with van der Waals surface area (Å²) in [6.07, 6.45) is 4.54. The molecule has 5 nitrogen and oxygen atoms in total. The highest BCUT2D eigenvalue weighted by Crippen LogP contribution is 2.27. The van der Waals surface area contributed by atoms with E-state index < -0.39 is 0 Å². The number of pyridine rings is 1. The van der Waals surface area contributed by atoms with Crippen molar-refractivity contribution in [1.29, 1.82) is 0 Å². The fourth-order valence-electron chi connectivity index (χ4n) is 1.78. The van der Waals surface area contributed by atoms with Crippen molar-refractivity contribution in [1.82, 2.24) is 15.6 Å². The smallest absolute Gasteiger partial charge is 0.191 e. The van der Waals surface area contributed by atoms with E-state index in [1.807, 2.05) is 31.3 Å². The zero-order valence-electron chi connectivity index (χ0n) is 12.0. The highest BCUT2D eigenvalue weighted by molar-refractivity contribution is 5.79. The van der Waals surface area contributed by atoms with Gasteiger partial charge in [0.25, 0.3) is 0 Å². The first-order chi connectivity index (χ1) is 9.19. The van der Waals surface area contributed by atoms with Crippen molar-refractivity contribution in [2.75, 3.05) is 32.6 Å². The molecule has 0 bridgehead atoms. The number of guanidine groups is 1. The van der Waals surface area contributed by atoms with Crippen molar-refractivity contribution in [2.45, 2.75) is 19.4 Å². The Morgan fingerprint density at radius 2 is 2.21 bits per heavy atom. The normalized spacial score (nSPS) is 15.2. The standard InChI is InChI=1S/C14H23N5/c1-15-14(17-9-11-4-5-11)18-10-12-6-7-16-13(8-12)19(2)3/h6-8,11H,4-5,9-10H2,1-3H3,(H2,15,17,18). The number of rotatable bonds is 5. The second-order valence-corrected chi connectivity index (χ2v) is 5.17. The summed E-state index contributed by atoms with van der Waals surface area (Å²) in [5.74, 6) is 2.69. The molecule has 1 fully saturated rings. The van der Waals surface area contributed by atoms with Gasteiger partial charge in [0.15, 0.2) is 5.96 Å². The summed E-state index contributed by atoms with van der Waals surface area (Å²) >= 11 is 0. The highest BCUT2D eigenvalue weighted by atomic mass is 15.2. The SMILES string of the molecule is CN=C(NCc1ccnc(N(C)C)c1)NCC1CC1. The largest absolute Gasteiger partial charge is 0.363 e. The van der Waals surface area contributed by atoms with Crippen molar-refractivity contribution in [2.24, 2.45) is 10.9 Å². The van der Waals surface area contributed by atoms with Gasteiger partial charge in [-0.05, 0) is 36.5 Å². The third kappa shape index (κ3) is 4.43. The molecule has 1 aromatic heterocycles. The van der Waals surface area contributed by atoms with Gasteiger partial charge in [-0.25, -0.2) is 4.98 Å². The Hall–Kier alpha value is -1.78. The van der Waals surface area contributed by atoms with Gasteiger partial charge in [-0.2, -0.15) is 0 Å². The fourth-order valence-corrected chi connectivity index (χ4v) is 1.78. The minimum atomic E-state index is 0.758. The molecule has 1 aliphatic carbocycles. The number of aromatic nitrogens is 1. The number of nitrogens with zero attached hydrogens (tertiary/aromatic N) is 3. The third-order valence-electron chi connectivity index (χ3n) is 3.21. The van der Waals surface area contributed by atoms with Crippen LogP contribution >= 0.6 is 0 Å². The predicted octanol–water partition coefficient (Wildman–Crippen LogP) is 1.22. The van der Waals surface area contributed by atoms with Crippen LogP contribution in [0.3, 0.4) is 0 Å². The van der Waals surface area contributed by atoms with E-state index in [4.69, 9.17) is 0 Å². The summed E-state index contributed by atoms with van der Waals surface area (Å²) in [6, 6.07) is 4.11. The molecule has 0 aliphatic heterocycles. The van der Waals surface area contributed by atoms with E-state index in [1.54, 1.807) is 7.05 Å². The van der Waals surface area contributed by atoms with Crippen molar-refractivity contribution in [3.05, 3.63) is 23.9 Å². The Morgan fingerprint density at radius 3 is 2.84 bits per heavy atom. The summed E-state index contributed by atoms with van der Waals surface area (Å²) in [6.45, 7) is 1.78. The Morgan fingerprint density at radius 1 is 1.42 bits per heavy atom. The van der Waals surface area contributed by atoms with Crippen molar-refractivity contribution in [3.63, 3.8) is 0 Å². The summed E-state index contributed by atoms with van der Waals surface area (Å²) in [5.41, 5.74) is 1.20. The first kappa shape index (κ1) is 13.6. The molecule has 104 valence electrons. The van der Waals surface area contributed by atoms with Gasteiger partial charge in [-0.3, -0.25) is 4.99 Å². The van der Waals surface area contributed by atoms with E-state index >= 15 is 0 Å². The lowest BCUT2D eigenvalue weighted by molar-refractivity contribution is 0.737. The van der Waals surface area contributed by atoms with E-state index in [-0.39, 0.29) is 0 Å². The van der Waals surface area contributed by atoms with Gasteiger partial charge < -0.3 is 15.5 Å². The van der Waals surface area contributed by atoms with E-state index in [0.29, 0.717) is 0 Å². The summed E-state index contributed by atoms with van der Waals surface area (Å²) in [5, 5.41) is 6.68. The molecule has 2 N–H and O–H groups in total. The molecule has 1 aliphatic rings. The molecule has 5 heteroatoms. The number of hydrogen-bond donors (Lipinski definition) is 2. The van der Waals surface area contributed by atoms with Crippen LogP contribution in [0.25, 0.3) is 0 Å². The fraction of sp³-hybridized carbons (Fsp3) is 0.571. The maximum atomic E-state index is 4.31. The zero-order chi connectivity index (χ0) is 13.7. The number of nitrogens with one attached hydrogen (secondary N) is 2. The first-order valence-corrected chi connectivity index (χ1v) is 6.76. The zero-order valence-corrected chi connectivity index (χ0v) is 12.0. The van der Waals surface area contributed by atoms with Crippen LogP contribution in [0, 0.1) is 5.92 Å². The summed E-state index contributed by atoms with van der Waals surface area (Å²) in [4.78, 5) is 10.5. The molecule has 0 spiro atoms. The van der Waals surface area contributed by atoms with Crippen LogP contribution in [0.15, 0.2) is 23.3 Å². The van der Waals surface area contributed by atoms with Crippen LogP contribution in [0.4, 0.5) is 5.82 Å². The molecule has 0 aromatic carbocycles. The van der Waals surface area contributed by atoms with Gasteiger partial charge >= 0.3 is 0 Å². The number of hydrogen-bond acceptors (Lipinski definition) is 3. The molecular weight excluding hydrogens is 238 g/mol. The molecule has 0 radical (unpaired) electrons. The molecule has 0 atom stereocenters. The minimum Gasteiger partial charge on any atom is -0.363 e. The van der Waals surface area contributed by atoms with Crippen molar-refractivity contribution >= 4 is 11.8 Å². The van der Waals surface area contributed by atoms with Crippen LogP contribution in [0.5, 0.6) is 0 Å². The predicted molar refractivity (Wildman–Crippen MR) is 79.5 cm³/mol. The first-order valence-electron chi connectivity index (χ1n) is 6.76. The average Bonchev–Trinajstić information content (AvgIpc) is 3.23. The topological polar surface area (TPSA) is 52.6 Å². The molecule has 1 heterocycles. The molecule has 0 saturated heterocycles. The molecule has 2 rings (SSSR count). The maximum absolute atomic E-state index is 4.31. The van der Waals surface area contributed by atoms with Crippen LogP contribution in [0.1, 0.15) is 18.4 Å². The highest BCUT2D eigenvalue weighted by Gasteiger charge is 2.20. The van der Waals surface area contributed by atoms with Crippen LogP contribution in [-0.2, 0) is 6.54 Å². The molecule has 1 saturated carbocycles. The maximum Gasteiger partial charge on any atom is 0.191 e. The van der Waals surface area contributed by atoms with Crippen LogP contribution in [0.2, 0.25) is 0 Å². The van der Waals surface area contributed by atoms with Gasteiger partial charge in [0.05, 0.1) is 0 Å². The van der Waals surface area contributed by atoms with Gasteiger partial charge in [0, 0.05) is 40.4 Å². The van der Waals surface area contributed by atoms with Gasteiger partial charge in [0.1, 0.15) is 5.82 Å². The Bertz CT molecular complexity index is 437. The summed E-state index contributed by atoms with van der Waals surface area (Å²) in [7, 11) is 5.80. The van der Waals surface area contributed by atoms with E-state index in [1.165, 1.54) is 18.4 Å². The lowest BCUT2D eigenvalue weighted by atomic mass is 10.2.